The Morgan fingerprint density at radius 2 is 1.77 bits per heavy atom. The van der Waals surface area contributed by atoms with E-state index < -0.39 is 0 Å². The summed E-state index contributed by atoms with van der Waals surface area (Å²) in [6.45, 7) is 8.97. The van der Waals surface area contributed by atoms with Gasteiger partial charge in [0.1, 0.15) is 0 Å². The second-order valence-corrected chi connectivity index (χ2v) is 4.38. The number of hydrogen-bond donors (Lipinski definition) is 2. The molecule has 0 spiro atoms. The Morgan fingerprint density at radius 1 is 1.23 bits per heavy atom. The summed E-state index contributed by atoms with van der Waals surface area (Å²) in [7, 11) is 0. The van der Waals surface area contributed by atoms with Gasteiger partial charge in [-0.3, -0.25) is 4.79 Å². The van der Waals surface area contributed by atoms with Crippen LogP contribution in [0.2, 0.25) is 0 Å². The number of amides is 1. The van der Waals surface area contributed by atoms with Crippen molar-refractivity contribution < 1.29 is 4.79 Å². The number of nitrogens with two attached hydrogens (primary N) is 1. The Hall–Kier alpha value is -0.570. The molecule has 3 N–H and O–H groups in total. The molecule has 1 amide bonds. The first-order valence-electron chi connectivity index (χ1n) is 4.96. The highest BCUT2D eigenvalue weighted by Crippen LogP contribution is 2.02. The van der Waals surface area contributed by atoms with E-state index in [4.69, 9.17) is 5.73 Å². The van der Waals surface area contributed by atoms with Gasteiger partial charge in [0.25, 0.3) is 0 Å². The predicted octanol–water partition coefficient (Wildman–Crippen LogP) is 1.13. The number of nitrogens with one attached hydrogen (secondary N) is 1. The summed E-state index contributed by atoms with van der Waals surface area (Å²) in [5.41, 5.74) is 5.69. The molecule has 0 rings (SSSR count). The van der Waals surface area contributed by atoms with Crippen LogP contribution in [-0.2, 0) is 4.79 Å². The minimum Gasteiger partial charge on any atom is -0.354 e. The normalized spacial score (nSPS) is 13.5. The average Bonchev–Trinajstić information content (AvgIpc) is 1.98. The quantitative estimate of drug-likeness (QED) is 0.676. The first-order valence-corrected chi connectivity index (χ1v) is 4.96. The number of carbonyl (C=O) groups is 1. The third-order valence-electron chi connectivity index (χ3n) is 1.75. The molecule has 1 atom stereocenters. The highest BCUT2D eigenvalue weighted by Gasteiger charge is 2.14. The highest BCUT2D eigenvalue weighted by atomic mass is 16.2. The van der Waals surface area contributed by atoms with Gasteiger partial charge in [0.15, 0.2) is 0 Å². The number of hydrogen-bond acceptors (Lipinski definition) is 2. The van der Waals surface area contributed by atoms with E-state index in [1.165, 1.54) is 0 Å². The molecule has 0 aliphatic rings. The fourth-order valence-corrected chi connectivity index (χ4v) is 1.05. The zero-order valence-electron chi connectivity index (χ0n) is 9.13. The standard InChI is InChI=1S/C10H22N2O/c1-7(2)5-9(11)10(13)12-6-8(3)4/h7-9H,5-6,11H2,1-4H3,(H,12,13)/t9-/m0/s1. The summed E-state index contributed by atoms with van der Waals surface area (Å²) in [4.78, 5) is 11.3. The largest absolute Gasteiger partial charge is 0.354 e. The lowest BCUT2D eigenvalue weighted by Gasteiger charge is -2.14. The Kier molecular flexibility index (Phi) is 5.71. The van der Waals surface area contributed by atoms with Crippen molar-refractivity contribution in [2.24, 2.45) is 17.6 Å². The Labute approximate surface area is 81.1 Å². The van der Waals surface area contributed by atoms with Gasteiger partial charge in [0.2, 0.25) is 5.91 Å². The molecular weight excluding hydrogens is 164 g/mol. The highest BCUT2D eigenvalue weighted by molar-refractivity contribution is 5.81. The molecule has 78 valence electrons. The van der Waals surface area contributed by atoms with Crippen molar-refractivity contribution in [2.75, 3.05) is 6.54 Å². The number of carbonyl (C=O) groups excluding carboxylic acids is 1. The van der Waals surface area contributed by atoms with Gasteiger partial charge in [-0.15, -0.1) is 0 Å². The lowest BCUT2D eigenvalue weighted by molar-refractivity contribution is -0.122. The number of rotatable bonds is 5. The molecule has 0 radical (unpaired) electrons. The lowest BCUT2D eigenvalue weighted by Crippen LogP contribution is -2.42. The SMILES string of the molecule is CC(C)CNC(=O)[C@@H](N)CC(C)C. The van der Waals surface area contributed by atoms with Crippen molar-refractivity contribution >= 4 is 5.91 Å². The molecule has 3 heteroatoms. The van der Waals surface area contributed by atoms with E-state index in [-0.39, 0.29) is 11.9 Å². The van der Waals surface area contributed by atoms with Gasteiger partial charge in [-0.2, -0.15) is 0 Å². The maximum absolute atomic E-state index is 11.3. The Morgan fingerprint density at radius 3 is 2.15 bits per heavy atom. The first kappa shape index (κ1) is 12.4. The molecule has 0 bridgehead atoms. The summed E-state index contributed by atoms with van der Waals surface area (Å²) >= 11 is 0. The summed E-state index contributed by atoms with van der Waals surface area (Å²) in [6.07, 6.45) is 0.754. The second kappa shape index (κ2) is 5.97. The van der Waals surface area contributed by atoms with E-state index in [1.807, 2.05) is 0 Å². The third kappa shape index (κ3) is 6.58. The molecule has 0 fully saturated rings. The van der Waals surface area contributed by atoms with Crippen LogP contribution in [0.3, 0.4) is 0 Å². The summed E-state index contributed by atoms with van der Waals surface area (Å²) in [6, 6.07) is -0.348. The van der Waals surface area contributed by atoms with Crippen LogP contribution in [0.5, 0.6) is 0 Å². The Bertz CT molecular complexity index is 155. The summed E-state index contributed by atoms with van der Waals surface area (Å²) in [5, 5.41) is 2.82. The fraction of sp³-hybridized carbons (Fsp3) is 0.900. The zero-order valence-corrected chi connectivity index (χ0v) is 9.13. The fourth-order valence-electron chi connectivity index (χ4n) is 1.05. The van der Waals surface area contributed by atoms with Crippen molar-refractivity contribution in [1.29, 1.82) is 0 Å². The molecule has 0 aromatic carbocycles. The van der Waals surface area contributed by atoms with Gasteiger partial charge in [0, 0.05) is 6.54 Å². The van der Waals surface area contributed by atoms with Gasteiger partial charge < -0.3 is 11.1 Å². The monoisotopic (exact) mass is 186 g/mol. The average molecular weight is 186 g/mol. The molecule has 0 saturated carbocycles. The molecular formula is C10H22N2O. The van der Waals surface area contributed by atoms with Crippen LogP contribution in [0, 0.1) is 11.8 Å². The maximum Gasteiger partial charge on any atom is 0.236 e. The minimum atomic E-state index is -0.348. The maximum atomic E-state index is 11.3. The molecule has 13 heavy (non-hydrogen) atoms. The molecule has 0 unspecified atom stereocenters. The van der Waals surface area contributed by atoms with E-state index in [0.29, 0.717) is 18.4 Å². The summed E-state index contributed by atoms with van der Waals surface area (Å²) in [5.74, 6) is 0.928. The van der Waals surface area contributed by atoms with Crippen LogP contribution in [0.1, 0.15) is 34.1 Å². The van der Waals surface area contributed by atoms with Crippen LogP contribution >= 0.6 is 0 Å². The minimum absolute atomic E-state index is 0.0256. The van der Waals surface area contributed by atoms with Crippen LogP contribution in [0.15, 0.2) is 0 Å². The van der Waals surface area contributed by atoms with E-state index >= 15 is 0 Å². The van der Waals surface area contributed by atoms with Crippen LogP contribution in [-0.4, -0.2) is 18.5 Å². The third-order valence-corrected chi connectivity index (χ3v) is 1.75. The smallest absolute Gasteiger partial charge is 0.236 e. The lowest BCUT2D eigenvalue weighted by atomic mass is 10.0. The van der Waals surface area contributed by atoms with Crippen LogP contribution in [0.25, 0.3) is 0 Å². The van der Waals surface area contributed by atoms with Crippen molar-refractivity contribution in [1.82, 2.24) is 5.32 Å². The topological polar surface area (TPSA) is 55.1 Å². The van der Waals surface area contributed by atoms with E-state index in [1.54, 1.807) is 0 Å². The van der Waals surface area contributed by atoms with Gasteiger partial charge in [-0.25, -0.2) is 0 Å². The Balaban J connectivity index is 3.69. The van der Waals surface area contributed by atoms with Crippen molar-refractivity contribution in [3.8, 4) is 0 Å². The van der Waals surface area contributed by atoms with Gasteiger partial charge >= 0.3 is 0 Å². The van der Waals surface area contributed by atoms with Crippen molar-refractivity contribution in [2.45, 2.75) is 40.2 Å². The molecule has 0 aliphatic carbocycles. The molecule has 0 aromatic rings. The molecule has 0 aromatic heterocycles. The van der Waals surface area contributed by atoms with Crippen LogP contribution < -0.4 is 11.1 Å². The van der Waals surface area contributed by atoms with E-state index in [0.717, 1.165) is 6.42 Å². The molecule has 0 aliphatic heterocycles. The molecule has 3 nitrogen and oxygen atoms in total. The van der Waals surface area contributed by atoms with E-state index in [9.17, 15) is 4.79 Å². The first-order chi connectivity index (χ1) is 5.93. The van der Waals surface area contributed by atoms with Crippen LogP contribution in [0.4, 0.5) is 0 Å². The molecule has 0 saturated heterocycles. The van der Waals surface area contributed by atoms with Gasteiger partial charge in [0.05, 0.1) is 6.04 Å². The molecule has 0 heterocycles. The van der Waals surface area contributed by atoms with Crippen molar-refractivity contribution in [3.63, 3.8) is 0 Å². The predicted molar refractivity (Wildman–Crippen MR) is 55.3 cm³/mol. The van der Waals surface area contributed by atoms with Gasteiger partial charge in [-0.05, 0) is 18.3 Å². The summed E-state index contributed by atoms with van der Waals surface area (Å²) < 4.78 is 0. The zero-order chi connectivity index (χ0) is 10.4. The van der Waals surface area contributed by atoms with Crippen molar-refractivity contribution in [3.05, 3.63) is 0 Å². The van der Waals surface area contributed by atoms with E-state index in [2.05, 4.69) is 33.0 Å². The van der Waals surface area contributed by atoms with Gasteiger partial charge in [-0.1, -0.05) is 27.7 Å². The second-order valence-electron chi connectivity index (χ2n) is 4.38.